The van der Waals surface area contributed by atoms with Gasteiger partial charge in [0.2, 0.25) is 0 Å². The number of alkyl halides is 2. The van der Waals surface area contributed by atoms with E-state index in [2.05, 4.69) is 24.2 Å². The third-order valence-corrected chi connectivity index (χ3v) is 4.48. The Morgan fingerprint density at radius 2 is 2.05 bits per heavy atom. The van der Waals surface area contributed by atoms with Crippen molar-refractivity contribution in [1.29, 1.82) is 0 Å². The third-order valence-electron chi connectivity index (χ3n) is 4.48. The first-order valence-electron chi connectivity index (χ1n) is 7.31. The van der Waals surface area contributed by atoms with Crippen molar-refractivity contribution in [3.8, 4) is 0 Å². The predicted octanol–water partition coefficient (Wildman–Crippen LogP) is 4.19. The monoisotopic (exact) mass is 290 g/mol. The predicted molar refractivity (Wildman–Crippen MR) is 83.1 cm³/mol. The maximum atomic E-state index is 12.9. The number of nitrogens with one attached hydrogen (secondary N) is 1. The summed E-state index contributed by atoms with van der Waals surface area (Å²) < 4.78 is 25.9. The van der Waals surface area contributed by atoms with Crippen molar-refractivity contribution in [1.82, 2.24) is 9.88 Å². The molecule has 1 aromatic rings. The second-order valence-electron chi connectivity index (χ2n) is 5.86. The van der Waals surface area contributed by atoms with Crippen molar-refractivity contribution in [3.05, 3.63) is 42.3 Å². The quantitative estimate of drug-likeness (QED) is 0.881. The van der Waals surface area contributed by atoms with Gasteiger partial charge in [-0.25, -0.2) is 8.78 Å². The Kier molecular flexibility index (Phi) is 3.57. The highest BCUT2D eigenvalue weighted by atomic mass is 19.3. The number of hydrogen-bond acceptors (Lipinski definition) is 1. The lowest BCUT2D eigenvalue weighted by Gasteiger charge is -2.44. The maximum absolute atomic E-state index is 12.9. The van der Waals surface area contributed by atoms with E-state index in [1.54, 1.807) is 6.08 Å². The summed E-state index contributed by atoms with van der Waals surface area (Å²) in [5.41, 5.74) is 4.49. The van der Waals surface area contributed by atoms with Crippen LogP contribution in [0.1, 0.15) is 36.1 Å². The van der Waals surface area contributed by atoms with E-state index in [9.17, 15) is 8.78 Å². The number of H-pyrrole nitrogens is 1. The van der Waals surface area contributed by atoms with Crippen molar-refractivity contribution < 1.29 is 8.78 Å². The molecule has 1 atom stereocenters. The van der Waals surface area contributed by atoms with Gasteiger partial charge >= 0.3 is 0 Å². The largest absolute Gasteiger partial charge is 0.361 e. The topological polar surface area (TPSA) is 19.0 Å². The highest BCUT2D eigenvalue weighted by Crippen LogP contribution is 2.37. The molecule has 1 N–H and O–H groups in total. The molecule has 1 unspecified atom stereocenters. The van der Waals surface area contributed by atoms with Crippen LogP contribution in [0.3, 0.4) is 0 Å². The van der Waals surface area contributed by atoms with Crippen molar-refractivity contribution in [2.45, 2.75) is 31.2 Å². The second kappa shape index (κ2) is 5.26. The molecule has 1 aromatic heterocycles. The molecule has 4 heteroatoms. The normalized spacial score (nSPS) is 25.0. The van der Waals surface area contributed by atoms with Gasteiger partial charge in [0.05, 0.1) is 13.1 Å². The zero-order valence-corrected chi connectivity index (χ0v) is 12.0. The molecule has 1 saturated heterocycles. The molecule has 0 bridgehead atoms. The highest BCUT2D eigenvalue weighted by Gasteiger charge is 2.46. The smallest absolute Gasteiger partial charge is 0.272 e. The minimum Gasteiger partial charge on any atom is -0.361 e. The minimum atomic E-state index is -2.47. The molecule has 2 aliphatic rings. The van der Waals surface area contributed by atoms with Crippen molar-refractivity contribution in [2.75, 3.05) is 13.1 Å². The zero-order valence-electron chi connectivity index (χ0n) is 12.0. The first-order chi connectivity index (χ1) is 10.0. The van der Waals surface area contributed by atoms with E-state index in [4.69, 9.17) is 0 Å². The first kappa shape index (κ1) is 14.3. The molecule has 2 heterocycles. The van der Waals surface area contributed by atoms with Gasteiger partial charge in [-0.05, 0) is 30.9 Å². The molecule has 0 amide bonds. The molecule has 1 aliphatic carbocycles. The number of nitrogens with zero attached hydrogens (tertiary/aromatic N) is 1. The molecule has 1 fully saturated rings. The molecule has 2 nitrogen and oxygen atoms in total. The van der Waals surface area contributed by atoms with Gasteiger partial charge in [-0.15, -0.1) is 0 Å². The fraction of sp³-hybridized carbons (Fsp3) is 0.412. The van der Waals surface area contributed by atoms with E-state index in [1.807, 2.05) is 17.2 Å². The van der Waals surface area contributed by atoms with Crippen LogP contribution in [0.2, 0.25) is 0 Å². The standard InChI is InChI=1S/C17H20F2N2/c1-3-14-15(9-20-16(14)4-2)12-5-7-13(8-6-12)21-10-17(18,19)11-21/h3-5,9,13,20H,1-2,6-8,10-11H2. The number of hydrogen-bond donors (Lipinski definition) is 1. The Balaban J connectivity index is 1.72. The Morgan fingerprint density at radius 3 is 2.57 bits per heavy atom. The van der Waals surface area contributed by atoms with Crippen LogP contribution in [-0.4, -0.2) is 34.9 Å². The SMILES string of the molecule is C=Cc1[nH]cc(C2=CCC(N3CC(F)(F)C3)CC2)c1C=C. The van der Waals surface area contributed by atoms with E-state index in [0.717, 1.165) is 36.1 Å². The van der Waals surface area contributed by atoms with Gasteiger partial charge in [-0.2, -0.15) is 0 Å². The van der Waals surface area contributed by atoms with Gasteiger partial charge in [0, 0.05) is 29.1 Å². The fourth-order valence-electron chi connectivity index (χ4n) is 3.31. The van der Waals surface area contributed by atoms with Crippen LogP contribution in [0.25, 0.3) is 17.7 Å². The lowest BCUT2D eigenvalue weighted by atomic mass is 9.87. The average Bonchev–Trinajstić information content (AvgIpc) is 2.87. The summed E-state index contributed by atoms with van der Waals surface area (Å²) in [6.45, 7) is 7.49. The number of likely N-dealkylation sites (tertiary alicyclic amines) is 1. The van der Waals surface area contributed by atoms with Gasteiger partial charge in [0.25, 0.3) is 5.92 Å². The molecule has 0 spiro atoms. The van der Waals surface area contributed by atoms with E-state index in [0.29, 0.717) is 0 Å². The van der Waals surface area contributed by atoms with Gasteiger partial charge < -0.3 is 4.98 Å². The van der Waals surface area contributed by atoms with E-state index >= 15 is 0 Å². The average molecular weight is 290 g/mol. The van der Waals surface area contributed by atoms with Crippen molar-refractivity contribution >= 4 is 17.7 Å². The number of aromatic amines is 1. The summed E-state index contributed by atoms with van der Waals surface area (Å²) in [6.07, 6.45) is 10.5. The molecule has 0 saturated carbocycles. The second-order valence-corrected chi connectivity index (χ2v) is 5.86. The first-order valence-corrected chi connectivity index (χ1v) is 7.31. The molecule has 3 rings (SSSR count). The van der Waals surface area contributed by atoms with Crippen LogP contribution in [0.5, 0.6) is 0 Å². The van der Waals surface area contributed by atoms with Crippen LogP contribution in [0.4, 0.5) is 8.78 Å². The maximum Gasteiger partial charge on any atom is 0.272 e. The summed E-state index contributed by atoms with van der Waals surface area (Å²) in [5.74, 6) is -2.47. The van der Waals surface area contributed by atoms with Crippen LogP contribution in [-0.2, 0) is 0 Å². The highest BCUT2D eigenvalue weighted by molar-refractivity contribution is 5.78. The van der Waals surface area contributed by atoms with Crippen LogP contribution < -0.4 is 0 Å². The number of aromatic nitrogens is 1. The zero-order chi connectivity index (χ0) is 15.0. The van der Waals surface area contributed by atoms with Crippen LogP contribution in [0, 0.1) is 0 Å². The Hall–Kier alpha value is -1.68. The van der Waals surface area contributed by atoms with E-state index in [1.165, 1.54) is 5.57 Å². The van der Waals surface area contributed by atoms with E-state index < -0.39 is 5.92 Å². The van der Waals surface area contributed by atoms with Gasteiger partial charge in [0.1, 0.15) is 0 Å². The Bertz CT molecular complexity index is 590. The molecule has 0 radical (unpaired) electrons. The van der Waals surface area contributed by atoms with Gasteiger partial charge in [0.15, 0.2) is 0 Å². The van der Waals surface area contributed by atoms with Crippen LogP contribution >= 0.6 is 0 Å². The Labute approximate surface area is 123 Å². The molecule has 0 aromatic carbocycles. The number of halogens is 2. The fourth-order valence-corrected chi connectivity index (χ4v) is 3.31. The van der Waals surface area contributed by atoms with Gasteiger partial charge in [-0.3, -0.25) is 4.90 Å². The lowest BCUT2D eigenvalue weighted by molar-refractivity contribution is -0.146. The molecular formula is C17H20F2N2. The molecular weight excluding hydrogens is 270 g/mol. The van der Waals surface area contributed by atoms with Crippen molar-refractivity contribution in [3.63, 3.8) is 0 Å². The number of allylic oxidation sites excluding steroid dienone is 1. The van der Waals surface area contributed by atoms with E-state index in [-0.39, 0.29) is 19.1 Å². The molecule has 1 aliphatic heterocycles. The summed E-state index contributed by atoms with van der Waals surface area (Å²) >= 11 is 0. The minimum absolute atomic E-state index is 0.0798. The summed E-state index contributed by atoms with van der Waals surface area (Å²) in [7, 11) is 0. The summed E-state index contributed by atoms with van der Waals surface area (Å²) in [5, 5.41) is 0. The lowest BCUT2D eigenvalue weighted by Crippen LogP contribution is -2.60. The van der Waals surface area contributed by atoms with Crippen LogP contribution in [0.15, 0.2) is 25.4 Å². The Morgan fingerprint density at radius 1 is 1.29 bits per heavy atom. The molecule has 112 valence electrons. The summed E-state index contributed by atoms with van der Waals surface area (Å²) in [6, 6.07) is 0.262. The number of rotatable bonds is 4. The van der Waals surface area contributed by atoms with Crippen molar-refractivity contribution in [2.24, 2.45) is 0 Å². The summed E-state index contributed by atoms with van der Waals surface area (Å²) in [4.78, 5) is 5.10. The third kappa shape index (κ3) is 2.60. The molecule has 21 heavy (non-hydrogen) atoms. The van der Waals surface area contributed by atoms with Gasteiger partial charge in [-0.1, -0.05) is 25.3 Å².